The van der Waals surface area contributed by atoms with E-state index in [0.29, 0.717) is 37.0 Å². The highest BCUT2D eigenvalue weighted by Crippen LogP contribution is 2.25. The molecule has 0 spiro atoms. The molecule has 1 aromatic carbocycles. The number of ether oxygens (including phenoxy) is 1. The van der Waals surface area contributed by atoms with Crippen molar-refractivity contribution >= 4 is 23.5 Å². The summed E-state index contributed by atoms with van der Waals surface area (Å²) in [4.78, 5) is 28.2. The van der Waals surface area contributed by atoms with Crippen molar-refractivity contribution in [2.24, 2.45) is 0 Å². The van der Waals surface area contributed by atoms with E-state index in [9.17, 15) is 9.59 Å². The number of nitrogens with zero attached hydrogens (tertiary/aromatic N) is 2. The lowest BCUT2D eigenvalue weighted by atomic mass is 10.1. The number of amides is 3. The van der Waals surface area contributed by atoms with Crippen LogP contribution in [-0.4, -0.2) is 60.6 Å². The maximum absolute atomic E-state index is 12.5. The lowest BCUT2D eigenvalue weighted by molar-refractivity contribution is -0.131. The van der Waals surface area contributed by atoms with Gasteiger partial charge in [0.25, 0.3) is 0 Å². The van der Waals surface area contributed by atoms with Crippen LogP contribution >= 0.6 is 11.6 Å². The highest BCUT2D eigenvalue weighted by Gasteiger charge is 2.26. The molecule has 2 rings (SSSR count). The van der Waals surface area contributed by atoms with Crippen LogP contribution in [0, 0.1) is 0 Å². The quantitative estimate of drug-likeness (QED) is 0.893. The van der Waals surface area contributed by atoms with E-state index in [1.807, 2.05) is 26.8 Å². The Morgan fingerprint density at radius 2 is 1.76 bits per heavy atom. The van der Waals surface area contributed by atoms with Crippen molar-refractivity contribution in [2.75, 3.05) is 33.3 Å². The van der Waals surface area contributed by atoms with Gasteiger partial charge >= 0.3 is 6.03 Å². The number of carbonyl (C=O) groups excluding carboxylic acids is 2. The summed E-state index contributed by atoms with van der Waals surface area (Å²) in [6, 6.07) is 5.28. The molecule has 1 saturated heterocycles. The van der Waals surface area contributed by atoms with Gasteiger partial charge in [0.05, 0.1) is 18.6 Å². The van der Waals surface area contributed by atoms with Gasteiger partial charge in [0.1, 0.15) is 5.75 Å². The zero-order chi connectivity index (χ0) is 18.6. The number of nitrogens with one attached hydrogen (secondary N) is 1. The largest absolute Gasteiger partial charge is 0.495 e. The average Bonchev–Trinajstić information content (AvgIpc) is 2.53. The first-order chi connectivity index (χ1) is 11.7. The second-order valence-electron chi connectivity index (χ2n) is 7.19. The molecule has 7 heteroatoms. The molecule has 1 fully saturated rings. The summed E-state index contributed by atoms with van der Waals surface area (Å²) in [5.74, 6) is 0.633. The number of urea groups is 1. The highest BCUT2D eigenvalue weighted by molar-refractivity contribution is 6.32. The minimum absolute atomic E-state index is 0.0390. The molecule has 0 bridgehead atoms. The Morgan fingerprint density at radius 1 is 1.16 bits per heavy atom. The van der Waals surface area contributed by atoms with Crippen LogP contribution in [0.1, 0.15) is 26.3 Å². The summed E-state index contributed by atoms with van der Waals surface area (Å²) in [7, 11) is 1.56. The van der Waals surface area contributed by atoms with E-state index in [0.717, 1.165) is 5.56 Å². The van der Waals surface area contributed by atoms with Crippen molar-refractivity contribution in [3.05, 3.63) is 28.8 Å². The standard InChI is InChI=1S/C18H26ClN3O3/c1-18(2,3)20-17(24)22-9-7-21(8-10-22)16(23)12-13-5-6-15(25-4)14(19)11-13/h5-6,11H,7-10,12H2,1-4H3,(H,20,24). The number of rotatable bonds is 3. The third-order valence-corrected chi connectivity index (χ3v) is 4.27. The second kappa shape index (κ2) is 7.95. The van der Waals surface area contributed by atoms with Crippen LogP contribution in [0.3, 0.4) is 0 Å². The summed E-state index contributed by atoms with van der Waals surface area (Å²) in [5, 5.41) is 3.44. The van der Waals surface area contributed by atoms with Crippen LogP contribution in [0.4, 0.5) is 4.79 Å². The van der Waals surface area contributed by atoms with Crippen LogP contribution in [0.2, 0.25) is 5.02 Å². The molecule has 0 aliphatic carbocycles. The van der Waals surface area contributed by atoms with Gasteiger partial charge in [0.2, 0.25) is 5.91 Å². The van der Waals surface area contributed by atoms with Crippen LogP contribution in [-0.2, 0) is 11.2 Å². The van der Waals surface area contributed by atoms with Crippen molar-refractivity contribution in [2.45, 2.75) is 32.7 Å². The average molecular weight is 368 g/mol. The molecule has 25 heavy (non-hydrogen) atoms. The number of hydrogen-bond donors (Lipinski definition) is 1. The molecule has 0 radical (unpaired) electrons. The van der Waals surface area contributed by atoms with Gasteiger partial charge in [-0.25, -0.2) is 4.79 Å². The summed E-state index contributed by atoms with van der Waals surface area (Å²) in [6.45, 7) is 8.01. The van der Waals surface area contributed by atoms with E-state index in [1.165, 1.54) is 0 Å². The van der Waals surface area contributed by atoms with Crippen LogP contribution in [0.15, 0.2) is 18.2 Å². The van der Waals surface area contributed by atoms with E-state index in [-0.39, 0.29) is 23.9 Å². The molecule has 1 aromatic rings. The van der Waals surface area contributed by atoms with Crippen molar-refractivity contribution < 1.29 is 14.3 Å². The Bertz CT molecular complexity index is 635. The Kier molecular flexibility index (Phi) is 6.16. The molecule has 1 aliphatic rings. The second-order valence-corrected chi connectivity index (χ2v) is 7.60. The fourth-order valence-electron chi connectivity index (χ4n) is 2.67. The summed E-state index contributed by atoms with van der Waals surface area (Å²) >= 11 is 6.10. The number of halogens is 1. The van der Waals surface area contributed by atoms with Gasteiger partial charge in [0, 0.05) is 31.7 Å². The van der Waals surface area contributed by atoms with E-state index < -0.39 is 0 Å². The van der Waals surface area contributed by atoms with Gasteiger partial charge in [-0.05, 0) is 38.5 Å². The molecule has 3 amide bonds. The van der Waals surface area contributed by atoms with Gasteiger partial charge < -0.3 is 19.9 Å². The van der Waals surface area contributed by atoms with E-state index >= 15 is 0 Å². The molecular weight excluding hydrogens is 342 g/mol. The predicted octanol–water partition coefficient (Wildman–Crippen LogP) is 2.54. The Morgan fingerprint density at radius 3 is 2.28 bits per heavy atom. The molecule has 0 atom stereocenters. The van der Waals surface area contributed by atoms with Gasteiger partial charge in [-0.1, -0.05) is 17.7 Å². The molecule has 1 aliphatic heterocycles. The molecule has 6 nitrogen and oxygen atoms in total. The lowest BCUT2D eigenvalue weighted by Crippen LogP contribution is -2.56. The Labute approximate surface area is 154 Å². The van der Waals surface area contributed by atoms with E-state index in [2.05, 4.69) is 5.32 Å². The van der Waals surface area contributed by atoms with E-state index in [4.69, 9.17) is 16.3 Å². The van der Waals surface area contributed by atoms with Crippen molar-refractivity contribution in [3.8, 4) is 5.75 Å². The lowest BCUT2D eigenvalue weighted by Gasteiger charge is -2.36. The summed E-state index contributed by atoms with van der Waals surface area (Å²) < 4.78 is 5.12. The zero-order valence-electron chi connectivity index (χ0n) is 15.3. The van der Waals surface area contributed by atoms with Gasteiger partial charge in [-0.2, -0.15) is 0 Å². The molecule has 0 unspecified atom stereocenters. The maximum Gasteiger partial charge on any atom is 0.317 e. The van der Waals surface area contributed by atoms with Gasteiger partial charge in [-0.3, -0.25) is 4.79 Å². The minimum Gasteiger partial charge on any atom is -0.495 e. The minimum atomic E-state index is -0.266. The number of benzene rings is 1. The number of piperazine rings is 1. The SMILES string of the molecule is COc1ccc(CC(=O)N2CCN(C(=O)NC(C)(C)C)CC2)cc1Cl. The Balaban J connectivity index is 1.87. The maximum atomic E-state index is 12.5. The fraction of sp³-hybridized carbons (Fsp3) is 0.556. The van der Waals surface area contributed by atoms with Crippen LogP contribution < -0.4 is 10.1 Å². The number of hydrogen-bond acceptors (Lipinski definition) is 3. The first-order valence-electron chi connectivity index (χ1n) is 8.37. The fourth-order valence-corrected chi connectivity index (χ4v) is 2.95. The normalized spacial score (nSPS) is 15.1. The summed E-state index contributed by atoms with van der Waals surface area (Å²) in [5.41, 5.74) is 0.584. The first kappa shape index (κ1) is 19.4. The van der Waals surface area contributed by atoms with Gasteiger partial charge in [0.15, 0.2) is 0 Å². The van der Waals surface area contributed by atoms with Crippen molar-refractivity contribution in [1.29, 1.82) is 0 Å². The predicted molar refractivity (Wildman–Crippen MR) is 98.1 cm³/mol. The number of carbonyl (C=O) groups is 2. The monoisotopic (exact) mass is 367 g/mol. The number of methoxy groups -OCH3 is 1. The molecule has 0 aromatic heterocycles. The third-order valence-electron chi connectivity index (χ3n) is 3.97. The highest BCUT2D eigenvalue weighted by atomic mass is 35.5. The van der Waals surface area contributed by atoms with Crippen molar-refractivity contribution in [3.63, 3.8) is 0 Å². The van der Waals surface area contributed by atoms with Gasteiger partial charge in [-0.15, -0.1) is 0 Å². The molecule has 138 valence electrons. The molecular formula is C18H26ClN3O3. The van der Waals surface area contributed by atoms with Crippen LogP contribution in [0.25, 0.3) is 0 Å². The first-order valence-corrected chi connectivity index (χ1v) is 8.74. The molecule has 1 N–H and O–H groups in total. The molecule has 1 heterocycles. The summed E-state index contributed by atoms with van der Waals surface area (Å²) in [6.07, 6.45) is 0.290. The van der Waals surface area contributed by atoms with Crippen molar-refractivity contribution in [1.82, 2.24) is 15.1 Å². The smallest absolute Gasteiger partial charge is 0.317 e. The Hall–Kier alpha value is -1.95. The molecule has 0 saturated carbocycles. The third kappa shape index (κ3) is 5.53. The topological polar surface area (TPSA) is 61.9 Å². The van der Waals surface area contributed by atoms with E-state index in [1.54, 1.807) is 29.0 Å². The zero-order valence-corrected chi connectivity index (χ0v) is 16.0. The van der Waals surface area contributed by atoms with Crippen LogP contribution in [0.5, 0.6) is 5.75 Å².